The minimum Gasteiger partial charge on any atom is -0.464 e. The molecule has 0 aromatic rings. The predicted molar refractivity (Wildman–Crippen MR) is 50.6 cm³/mol. The molecular weight excluding hydrogens is 182 g/mol. The Kier molecular flexibility index (Phi) is 3.03. The average Bonchev–Trinajstić information content (AvgIpc) is 2.91. The molecule has 2 rings (SSSR count). The number of carbonyl (C=O) groups is 1. The van der Waals surface area contributed by atoms with E-state index in [1.54, 1.807) is 0 Å². The maximum absolute atomic E-state index is 11.4. The van der Waals surface area contributed by atoms with Crippen molar-refractivity contribution in [2.24, 2.45) is 17.6 Å². The van der Waals surface area contributed by atoms with Gasteiger partial charge in [-0.3, -0.25) is 4.79 Å². The fourth-order valence-corrected chi connectivity index (χ4v) is 1.66. The second-order valence-corrected chi connectivity index (χ2v) is 4.22. The van der Waals surface area contributed by atoms with E-state index in [2.05, 4.69) is 0 Å². The molecule has 0 aromatic heterocycles. The van der Waals surface area contributed by atoms with Gasteiger partial charge in [-0.2, -0.15) is 0 Å². The van der Waals surface area contributed by atoms with E-state index in [0.717, 1.165) is 25.9 Å². The molecule has 2 N–H and O–H groups in total. The summed E-state index contributed by atoms with van der Waals surface area (Å²) in [7, 11) is 0. The van der Waals surface area contributed by atoms with Gasteiger partial charge in [-0.1, -0.05) is 0 Å². The summed E-state index contributed by atoms with van der Waals surface area (Å²) in [6, 6.07) is -0.391. The Morgan fingerprint density at radius 1 is 1.50 bits per heavy atom. The summed E-state index contributed by atoms with van der Waals surface area (Å²) in [5.74, 6) is 0.520. The molecule has 0 radical (unpaired) electrons. The van der Waals surface area contributed by atoms with Crippen molar-refractivity contribution in [3.8, 4) is 0 Å². The highest BCUT2D eigenvalue weighted by molar-refractivity contribution is 5.76. The van der Waals surface area contributed by atoms with Crippen molar-refractivity contribution in [3.63, 3.8) is 0 Å². The first-order valence-electron chi connectivity index (χ1n) is 5.27. The maximum atomic E-state index is 11.4. The first-order chi connectivity index (χ1) is 6.77. The van der Waals surface area contributed by atoms with Gasteiger partial charge in [-0.05, 0) is 25.2 Å². The Bertz CT molecular complexity index is 209. The largest absolute Gasteiger partial charge is 0.464 e. The van der Waals surface area contributed by atoms with Gasteiger partial charge in [0.05, 0.1) is 13.2 Å². The van der Waals surface area contributed by atoms with Crippen molar-refractivity contribution < 1.29 is 14.3 Å². The second-order valence-electron chi connectivity index (χ2n) is 4.22. The molecule has 14 heavy (non-hydrogen) atoms. The Morgan fingerprint density at radius 2 is 2.29 bits per heavy atom. The number of esters is 1. The van der Waals surface area contributed by atoms with Crippen LogP contribution < -0.4 is 5.73 Å². The van der Waals surface area contributed by atoms with Crippen molar-refractivity contribution in [1.29, 1.82) is 0 Å². The van der Waals surface area contributed by atoms with Crippen LogP contribution in [0.2, 0.25) is 0 Å². The van der Waals surface area contributed by atoms with Gasteiger partial charge in [0.15, 0.2) is 0 Å². The minimum atomic E-state index is -0.391. The molecule has 2 unspecified atom stereocenters. The Balaban J connectivity index is 1.65. The SMILES string of the molecule is NC(C(=O)OCC1CCOC1)C1CC1. The first-order valence-corrected chi connectivity index (χ1v) is 5.27. The van der Waals surface area contributed by atoms with Crippen molar-refractivity contribution in [2.45, 2.75) is 25.3 Å². The minimum absolute atomic E-state index is 0.237. The van der Waals surface area contributed by atoms with Crippen LogP contribution in [-0.4, -0.2) is 31.8 Å². The molecule has 1 aliphatic carbocycles. The van der Waals surface area contributed by atoms with E-state index in [1.165, 1.54) is 0 Å². The highest BCUT2D eigenvalue weighted by Crippen LogP contribution is 2.32. The summed E-state index contributed by atoms with van der Waals surface area (Å²) in [5.41, 5.74) is 5.70. The topological polar surface area (TPSA) is 61.6 Å². The molecule has 0 spiro atoms. The number of ether oxygens (including phenoxy) is 2. The quantitative estimate of drug-likeness (QED) is 0.662. The number of carbonyl (C=O) groups excluding carboxylic acids is 1. The third kappa shape index (κ3) is 2.45. The van der Waals surface area contributed by atoms with Gasteiger partial charge < -0.3 is 15.2 Å². The molecule has 0 aromatic carbocycles. The maximum Gasteiger partial charge on any atom is 0.323 e. The predicted octanol–water partition coefficient (Wildman–Crippen LogP) is 0.303. The zero-order valence-corrected chi connectivity index (χ0v) is 8.28. The van der Waals surface area contributed by atoms with Crippen LogP contribution in [0, 0.1) is 11.8 Å². The van der Waals surface area contributed by atoms with Crippen molar-refractivity contribution in [2.75, 3.05) is 19.8 Å². The summed E-state index contributed by atoms with van der Waals surface area (Å²) in [4.78, 5) is 11.4. The molecule has 0 bridgehead atoms. The second kappa shape index (κ2) is 4.28. The summed E-state index contributed by atoms with van der Waals surface area (Å²) >= 11 is 0. The standard InChI is InChI=1S/C10H17NO3/c11-9(8-1-2-8)10(12)14-6-7-3-4-13-5-7/h7-9H,1-6,11H2. The molecule has 4 heteroatoms. The van der Waals surface area contributed by atoms with Crippen LogP contribution in [0.15, 0.2) is 0 Å². The molecule has 1 heterocycles. The monoisotopic (exact) mass is 199 g/mol. The van der Waals surface area contributed by atoms with Gasteiger partial charge in [0.2, 0.25) is 0 Å². The molecule has 80 valence electrons. The fourth-order valence-electron chi connectivity index (χ4n) is 1.66. The Labute approximate surface area is 83.7 Å². The van der Waals surface area contributed by atoms with Crippen LogP contribution in [0.25, 0.3) is 0 Å². The van der Waals surface area contributed by atoms with Crippen LogP contribution in [0.5, 0.6) is 0 Å². The van der Waals surface area contributed by atoms with Gasteiger partial charge in [0.1, 0.15) is 6.04 Å². The molecule has 1 saturated carbocycles. The van der Waals surface area contributed by atoms with Gasteiger partial charge in [-0.15, -0.1) is 0 Å². The van der Waals surface area contributed by atoms with Crippen LogP contribution in [0.3, 0.4) is 0 Å². The zero-order chi connectivity index (χ0) is 9.97. The summed E-state index contributed by atoms with van der Waals surface area (Å²) in [6.07, 6.45) is 3.14. The average molecular weight is 199 g/mol. The summed E-state index contributed by atoms with van der Waals surface area (Å²) in [6.45, 7) is 1.97. The highest BCUT2D eigenvalue weighted by atomic mass is 16.5. The van der Waals surface area contributed by atoms with Crippen LogP contribution in [-0.2, 0) is 14.3 Å². The lowest BCUT2D eigenvalue weighted by atomic mass is 10.1. The number of rotatable bonds is 4. The van der Waals surface area contributed by atoms with E-state index in [1.807, 2.05) is 0 Å². The van der Waals surface area contributed by atoms with E-state index in [0.29, 0.717) is 25.0 Å². The molecule has 2 aliphatic rings. The molecule has 1 aliphatic heterocycles. The van der Waals surface area contributed by atoms with Gasteiger partial charge in [0, 0.05) is 12.5 Å². The molecular formula is C10H17NO3. The summed E-state index contributed by atoms with van der Waals surface area (Å²) < 4.78 is 10.3. The molecule has 1 saturated heterocycles. The fraction of sp³-hybridized carbons (Fsp3) is 0.900. The van der Waals surface area contributed by atoms with E-state index in [4.69, 9.17) is 15.2 Å². The van der Waals surface area contributed by atoms with Crippen LogP contribution in [0.1, 0.15) is 19.3 Å². The lowest BCUT2D eigenvalue weighted by Crippen LogP contribution is -2.35. The summed E-state index contributed by atoms with van der Waals surface area (Å²) in [5, 5.41) is 0. The van der Waals surface area contributed by atoms with E-state index in [-0.39, 0.29) is 5.97 Å². The highest BCUT2D eigenvalue weighted by Gasteiger charge is 2.34. The van der Waals surface area contributed by atoms with Gasteiger partial charge in [0.25, 0.3) is 0 Å². The molecule has 2 atom stereocenters. The third-order valence-corrected chi connectivity index (χ3v) is 2.89. The van der Waals surface area contributed by atoms with Gasteiger partial charge in [-0.25, -0.2) is 0 Å². The van der Waals surface area contributed by atoms with Crippen molar-refractivity contribution >= 4 is 5.97 Å². The Morgan fingerprint density at radius 3 is 2.86 bits per heavy atom. The number of nitrogens with two attached hydrogens (primary N) is 1. The zero-order valence-electron chi connectivity index (χ0n) is 8.28. The number of hydrogen-bond donors (Lipinski definition) is 1. The van der Waals surface area contributed by atoms with E-state index in [9.17, 15) is 4.79 Å². The van der Waals surface area contributed by atoms with Crippen LogP contribution >= 0.6 is 0 Å². The lowest BCUT2D eigenvalue weighted by Gasteiger charge is -2.12. The third-order valence-electron chi connectivity index (χ3n) is 2.89. The Hall–Kier alpha value is -0.610. The molecule has 2 fully saturated rings. The molecule has 4 nitrogen and oxygen atoms in total. The van der Waals surface area contributed by atoms with Crippen LogP contribution in [0.4, 0.5) is 0 Å². The first kappa shape index (κ1) is 9.93. The van der Waals surface area contributed by atoms with Gasteiger partial charge >= 0.3 is 5.97 Å². The van der Waals surface area contributed by atoms with E-state index >= 15 is 0 Å². The lowest BCUT2D eigenvalue weighted by molar-refractivity contribution is -0.147. The van der Waals surface area contributed by atoms with E-state index < -0.39 is 6.04 Å². The molecule has 0 amide bonds. The van der Waals surface area contributed by atoms with Crippen molar-refractivity contribution in [3.05, 3.63) is 0 Å². The number of hydrogen-bond acceptors (Lipinski definition) is 4. The van der Waals surface area contributed by atoms with Crippen molar-refractivity contribution in [1.82, 2.24) is 0 Å². The smallest absolute Gasteiger partial charge is 0.323 e. The normalized spacial score (nSPS) is 28.8.